The molecule has 0 aliphatic carbocycles. The van der Waals surface area contributed by atoms with E-state index in [1.54, 1.807) is 22.2 Å². The maximum Gasteiger partial charge on any atom is 0.257 e. The molecular formula is C19H23N5O2. The van der Waals surface area contributed by atoms with Crippen LogP contribution in [0, 0.1) is 0 Å². The molecule has 3 rings (SSSR count). The Kier molecular flexibility index (Phi) is 5.78. The van der Waals surface area contributed by atoms with Gasteiger partial charge in [-0.3, -0.25) is 9.59 Å². The van der Waals surface area contributed by atoms with Crippen LogP contribution in [0.25, 0.3) is 0 Å². The maximum atomic E-state index is 12.7. The van der Waals surface area contributed by atoms with E-state index in [-0.39, 0.29) is 5.91 Å². The van der Waals surface area contributed by atoms with E-state index in [9.17, 15) is 9.59 Å². The van der Waals surface area contributed by atoms with Gasteiger partial charge in [-0.25, -0.2) is 9.97 Å². The second kappa shape index (κ2) is 8.42. The first-order valence-corrected chi connectivity index (χ1v) is 8.80. The molecule has 0 N–H and O–H groups in total. The minimum atomic E-state index is -0.0753. The lowest BCUT2D eigenvalue weighted by Crippen LogP contribution is -2.46. The van der Waals surface area contributed by atoms with Crippen LogP contribution in [0.2, 0.25) is 0 Å². The van der Waals surface area contributed by atoms with Crippen LogP contribution in [0.4, 0.5) is 5.95 Å². The summed E-state index contributed by atoms with van der Waals surface area (Å²) in [6, 6.07) is 9.91. The minimum absolute atomic E-state index is 0.0753. The lowest BCUT2D eigenvalue weighted by Gasteiger charge is -2.32. The SMILES string of the molecule is CCN(Cc1ccccc1)C(=O)c1cnc(N2CCN(C=O)CC2)nc1. The third kappa shape index (κ3) is 4.17. The number of rotatable bonds is 6. The van der Waals surface area contributed by atoms with Crippen molar-refractivity contribution in [1.29, 1.82) is 0 Å². The number of nitrogens with zero attached hydrogens (tertiary/aromatic N) is 5. The Balaban J connectivity index is 1.65. The molecule has 1 aliphatic heterocycles. The van der Waals surface area contributed by atoms with E-state index < -0.39 is 0 Å². The molecule has 1 fully saturated rings. The van der Waals surface area contributed by atoms with Crippen molar-refractivity contribution in [2.45, 2.75) is 13.5 Å². The lowest BCUT2D eigenvalue weighted by atomic mass is 10.2. The zero-order chi connectivity index (χ0) is 18.4. The van der Waals surface area contributed by atoms with Gasteiger partial charge in [0.2, 0.25) is 12.4 Å². The molecule has 0 atom stereocenters. The van der Waals surface area contributed by atoms with E-state index in [4.69, 9.17) is 0 Å². The first-order chi connectivity index (χ1) is 12.7. The van der Waals surface area contributed by atoms with Gasteiger partial charge in [-0.15, -0.1) is 0 Å². The predicted molar refractivity (Wildman–Crippen MR) is 98.7 cm³/mol. The normalized spacial score (nSPS) is 14.2. The van der Waals surface area contributed by atoms with Gasteiger partial charge in [0, 0.05) is 51.7 Å². The largest absolute Gasteiger partial charge is 0.342 e. The van der Waals surface area contributed by atoms with E-state index in [1.165, 1.54) is 0 Å². The number of anilines is 1. The van der Waals surface area contributed by atoms with Crippen molar-refractivity contribution in [1.82, 2.24) is 19.8 Å². The van der Waals surface area contributed by atoms with Gasteiger partial charge in [-0.2, -0.15) is 0 Å². The van der Waals surface area contributed by atoms with Gasteiger partial charge in [0.05, 0.1) is 5.56 Å². The highest BCUT2D eigenvalue weighted by Gasteiger charge is 2.19. The summed E-state index contributed by atoms with van der Waals surface area (Å²) < 4.78 is 0. The third-order valence-corrected chi connectivity index (χ3v) is 4.52. The quantitative estimate of drug-likeness (QED) is 0.735. The minimum Gasteiger partial charge on any atom is -0.342 e. The van der Waals surface area contributed by atoms with Crippen LogP contribution in [0.5, 0.6) is 0 Å². The number of amides is 2. The molecule has 1 saturated heterocycles. The lowest BCUT2D eigenvalue weighted by molar-refractivity contribution is -0.118. The van der Waals surface area contributed by atoms with Gasteiger partial charge in [-0.1, -0.05) is 30.3 Å². The van der Waals surface area contributed by atoms with E-state index >= 15 is 0 Å². The predicted octanol–water partition coefficient (Wildman–Crippen LogP) is 1.42. The Morgan fingerprint density at radius 3 is 2.35 bits per heavy atom. The van der Waals surface area contributed by atoms with Crippen LogP contribution in [0.15, 0.2) is 42.7 Å². The molecule has 26 heavy (non-hydrogen) atoms. The van der Waals surface area contributed by atoms with Crippen LogP contribution in [-0.2, 0) is 11.3 Å². The Morgan fingerprint density at radius 2 is 1.77 bits per heavy atom. The number of benzene rings is 1. The topological polar surface area (TPSA) is 69.6 Å². The van der Waals surface area contributed by atoms with Gasteiger partial charge in [-0.05, 0) is 12.5 Å². The number of aromatic nitrogens is 2. The molecule has 0 radical (unpaired) electrons. The first kappa shape index (κ1) is 17.8. The monoisotopic (exact) mass is 353 g/mol. The van der Waals surface area contributed by atoms with E-state index in [2.05, 4.69) is 9.97 Å². The van der Waals surface area contributed by atoms with Crippen LogP contribution in [0.1, 0.15) is 22.8 Å². The highest BCUT2D eigenvalue weighted by atomic mass is 16.2. The van der Waals surface area contributed by atoms with Crippen molar-refractivity contribution in [3.63, 3.8) is 0 Å². The van der Waals surface area contributed by atoms with Crippen LogP contribution < -0.4 is 4.90 Å². The molecule has 7 nitrogen and oxygen atoms in total. The Hall–Kier alpha value is -2.96. The highest BCUT2D eigenvalue weighted by Crippen LogP contribution is 2.13. The molecule has 1 aliphatic rings. The molecule has 0 spiro atoms. The summed E-state index contributed by atoms with van der Waals surface area (Å²) in [6.45, 7) is 5.85. The second-order valence-corrected chi connectivity index (χ2v) is 6.21. The molecule has 136 valence electrons. The van der Waals surface area contributed by atoms with Crippen LogP contribution in [0.3, 0.4) is 0 Å². The fourth-order valence-electron chi connectivity index (χ4n) is 2.94. The van der Waals surface area contributed by atoms with Gasteiger partial charge in [0.15, 0.2) is 0 Å². The number of carbonyl (C=O) groups excluding carboxylic acids is 2. The average Bonchev–Trinajstić information content (AvgIpc) is 2.72. The van der Waals surface area contributed by atoms with Crippen LogP contribution in [-0.4, -0.2) is 64.8 Å². The van der Waals surface area contributed by atoms with E-state index in [0.717, 1.165) is 12.0 Å². The fraction of sp³-hybridized carbons (Fsp3) is 0.368. The van der Waals surface area contributed by atoms with Crippen molar-refractivity contribution in [3.8, 4) is 0 Å². The summed E-state index contributed by atoms with van der Waals surface area (Å²) in [5, 5.41) is 0. The molecule has 0 unspecified atom stereocenters. The van der Waals surface area contributed by atoms with E-state index in [0.29, 0.717) is 50.8 Å². The standard InChI is InChI=1S/C19H23N5O2/c1-2-23(14-16-6-4-3-5-7-16)18(26)17-12-20-19(21-13-17)24-10-8-22(15-25)9-11-24/h3-7,12-13,15H,2,8-11,14H2,1H3. The highest BCUT2D eigenvalue weighted by molar-refractivity contribution is 5.93. The molecular weight excluding hydrogens is 330 g/mol. The zero-order valence-electron chi connectivity index (χ0n) is 14.9. The van der Waals surface area contributed by atoms with Crippen molar-refractivity contribution < 1.29 is 9.59 Å². The smallest absolute Gasteiger partial charge is 0.257 e. The van der Waals surface area contributed by atoms with Crippen molar-refractivity contribution in [3.05, 3.63) is 53.9 Å². The fourth-order valence-corrected chi connectivity index (χ4v) is 2.94. The number of hydrogen-bond donors (Lipinski definition) is 0. The zero-order valence-corrected chi connectivity index (χ0v) is 14.9. The van der Waals surface area contributed by atoms with Gasteiger partial charge in [0.1, 0.15) is 0 Å². The summed E-state index contributed by atoms with van der Waals surface area (Å²) in [7, 11) is 0. The molecule has 1 aromatic heterocycles. The Labute approximate surface area is 153 Å². The number of hydrogen-bond acceptors (Lipinski definition) is 5. The number of carbonyl (C=O) groups is 2. The second-order valence-electron chi connectivity index (χ2n) is 6.21. The summed E-state index contributed by atoms with van der Waals surface area (Å²) in [4.78, 5) is 37.8. The number of piperazine rings is 1. The maximum absolute atomic E-state index is 12.7. The van der Waals surface area contributed by atoms with E-state index in [1.807, 2.05) is 42.2 Å². The van der Waals surface area contributed by atoms with Crippen molar-refractivity contribution in [2.75, 3.05) is 37.6 Å². The summed E-state index contributed by atoms with van der Waals surface area (Å²) >= 11 is 0. The third-order valence-electron chi connectivity index (χ3n) is 4.52. The molecule has 2 amide bonds. The molecule has 1 aromatic carbocycles. The molecule has 0 bridgehead atoms. The average molecular weight is 353 g/mol. The first-order valence-electron chi connectivity index (χ1n) is 8.80. The van der Waals surface area contributed by atoms with Crippen molar-refractivity contribution in [2.24, 2.45) is 0 Å². The summed E-state index contributed by atoms with van der Waals surface area (Å²) in [6.07, 6.45) is 4.04. The molecule has 0 saturated carbocycles. The van der Waals surface area contributed by atoms with Gasteiger partial charge >= 0.3 is 0 Å². The summed E-state index contributed by atoms with van der Waals surface area (Å²) in [5.41, 5.74) is 1.58. The Bertz CT molecular complexity index is 727. The molecule has 2 aromatic rings. The van der Waals surface area contributed by atoms with Crippen LogP contribution >= 0.6 is 0 Å². The van der Waals surface area contributed by atoms with Gasteiger partial charge in [0.25, 0.3) is 5.91 Å². The molecule has 2 heterocycles. The van der Waals surface area contributed by atoms with Gasteiger partial charge < -0.3 is 14.7 Å². The van der Waals surface area contributed by atoms with Crippen molar-refractivity contribution >= 4 is 18.3 Å². The Morgan fingerprint density at radius 1 is 1.12 bits per heavy atom. The molecule has 7 heteroatoms. The summed E-state index contributed by atoms with van der Waals surface area (Å²) in [5.74, 6) is 0.520.